The molecule has 0 N–H and O–H groups in total. The second kappa shape index (κ2) is 5.44. The molecule has 7 heteroatoms. The van der Waals surface area contributed by atoms with Crippen LogP contribution in [-0.2, 0) is 16.1 Å². The third-order valence-electron chi connectivity index (χ3n) is 3.41. The van der Waals surface area contributed by atoms with Gasteiger partial charge in [-0.25, -0.2) is 0 Å². The van der Waals surface area contributed by atoms with Gasteiger partial charge < -0.3 is 0 Å². The van der Waals surface area contributed by atoms with Gasteiger partial charge in [0.15, 0.2) is 0 Å². The second-order valence-corrected chi connectivity index (χ2v) is 6.34. The quantitative estimate of drug-likeness (QED) is 0.488. The first-order valence-corrected chi connectivity index (χ1v) is 6.83. The number of imide groups is 1. The molecular weight excluding hydrogens is 296 g/mol. The minimum absolute atomic E-state index is 0.0289. The van der Waals surface area contributed by atoms with Crippen LogP contribution in [0, 0.1) is 15.5 Å². The monoisotopic (exact) mass is 310 g/mol. The van der Waals surface area contributed by atoms with Gasteiger partial charge in [-0.2, -0.15) is 0 Å². The van der Waals surface area contributed by atoms with Crippen LogP contribution in [-0.4, -0.2) is 21.6 Å². The lowest BCUT2D eigenvalue weighted by molar-refractivity contribution is -0.384. The summed E-state index contributed by atoms with van der Waals surface area (Å²) in [6.45, 7) is 3.77. The molecule has 2 rings (SSSR count). The molecule has 1 aromatic rings. The van der Waals surface area contributed by atoms with Crippen molar-refractivity contribution in [1.82, 2.24) is 4.90 Å². The van der Waals surface area contributed by atoms with E-state index in [0.717, 1.165) is 4.90 Å². The van der Waals surface area contributed by atoms with Crippen molar-refractivity contribution in [3.05, 3.63) is 38.9 Å². The Labute approximate surface area is 126 Å². The maximum Gasteiger partial charge on any atom is 0.288 e. The molecule has 6 nitrogen and oxygen atoms in total. The zero-order chi connectivity index (χ0) is 15.8. The number of nitro groups is 1. The lowest BCUT2D eigenvalue weighted by atomic mass is 9.81. The number of nitrogens with zero attached hydrogens (tertiary/aromatic N) is 2. The van der Waals surface area contributed by atoms with Gasteiger partial charge in [-0.15, -0.1) is 0 Å². The molecule has 0 atom stereocenters. The Bertz CT molecular complexity index is 607. The number of hydrogen-bond donors (Lipinski definition) is 0. The van der Waals surface area contributed by atoms with Crippen LogP contribution in [0.15, 0.2) is 18.2 Å². The molecule has 1 aromatic carbocycles. The van der Waals surface area contributed by atoms with Crippen LogP contribution in [0.1, 0.15) is 32.3 Å². The Morgan fingerprint density at radius 3 is 2.38 bits per heavy atom. The van der Waals surface area contributed by atoms with Crippen molar-refractivity contribution in [3.63, 3.8) is 0 Å². The molecule has 0 radical (unpaired) electrons. The minimum Gasteiger partial charge on any atom is -0.278 e. The number of rotatable bonds is 3. The summed E-state index contributed by atoms with van der Waals surface area (Å²) in [4.78, 5) is 35.5. The summed E-state index contributed by atoms with van der Waals surface area (Å²) in [6.07, 6.45) is 0.572. The van der Waals surface area contributed by atoms with Crippen LogP contribution in [0.5, 0.6) is 0 Å². The van der Waals surface area contributed by atoms with Crippen LogP contribution in [0.4, 0.5) is 5.69 Å². The molecule has 1 aliphatic heterocycles. The molecule has 0 saturated carbocycles. The van der Waals surface area contributed by atoms with Crippen molar-refractivity contribution in [1.29, 1.82) is 0 Å². The summed E-state index contributed by atoms with van der Waals surface area (Å²) in [7, 11) is 0. The Morgan fingerprint density at radius 2 is 1.86 bits per heavy atom. The molecule has 21 heavy (non-hydrogen) atoms. The molecule has 1 fully saturated rings. The first kappa shape index (κ1) is 15.4. The van der Waals surface area contributed by atoms with Gasteiger partial charge in [-0.1, -0.05) is 31.5 Å². The Hall–Kier alpha value is -1.95. The third kappa shape index (κ3) is 3.39. The molecular formula is C14H15ClN2O4. The minimum atomic E-state index is -0.589. The Morgan fingerprint density at radius 1 is 1.29 bits per heavy atom. The summed E-state index contributed by atoms with van der Waals surface area (Å²) in [6, 6.07) is 4.27. The normalized spacial score (nSPS) is 18.0. The smallest absolute Gasteiger partial charge is 0.278 e. The zero-order valence-corrected chi connectivity index (χ0v) is 12.5. The van der Waals surface area contributed by atoms with Gasteiger partial charge in [-0.3, -0.25) is 24.6 Å². The lowest BCUT2D eigenvalue weighted by Gasteiger charge is -2.34. The van der Waals surface area contributed by atoms with Crippen molar-refractivity contribution in [3.8, 4) is 0 Å². The summed E-state index contributed by atoms with van der Waals surface area (Å²) in [5.74, 6) is -0.511. The van der Waals surface area contributed by atoms with Gasteiger partial charge in [0.1, 0.15) is 5.02 Å². The average Bonchev–Trinajstić information content (AvgIpc) is 2.34. The van der Waals surface area contributed by atoms with Crippen molar-refractivity contribution >= 4 is 29.1 Å². The van der Waals surface area contributed by atoms with Gasteiger partial charge in [0.25, 0.3) is 5.69 Å². The predicted molar refractivity (Wildman–Crippen MR) is 76.7 cm³/mol. The number of carbonyl (C=O) groups excluding carboxylic acids is 2. The number of benzene rings is 1. The maximum atomic E-state index is 12.1. The highest BCUT2D eigenvalue weighted by atomic mass is 35.5. The fourth-order valence-corrected chi connectivity index (χ4v) is 2.55. The SMILES string of the molecule is CC1(C)CC(=O)N(Cc2ccc(Cl)c([N+](=O)[O-])c2)C(=O)C1. The van der Waals surface area contributed by atoms with Gasteiger partial charge in [0, 0.05) is 18.9 Å². The first-order chi connectivity index (χ1) is 9.69. The van der Waals surface area contributed by atoms with Gasteiger partial charge >= 0.3 is 0 Å². The zero-order valence-electron chi connectivity index (χ0n) is 11.8. The molecule has 0 aliphatic carbocycles. The maximum absolute atomic E-state index is 12.1. The van der Waals surface area contributed by atoms with Gasteiger partial charge in [0.2, 0.25) is 11.8 Å². The van der Waals surface area contributed by atoms with E-state index in [1.165, 1.54) is 12.1 Å². The predicted octanol–water partition coefficient (Wildman–Crippen LogP) is 2.92. The second-order valence-electron chi connectivity index (χ2n) is 5.93. The lowest BCUT2D eigenvalue weighted by Crippen LogP contribution is -2.45. The van der Waals surface area contributed by atoms with Crippen LogP contribution in [0.25, 0.3) is 0 Å². The van der Waals surface area contributed by atoms with E-state index >= 15 is 0 Å². The summed E-state index contributed by atoms with van der Waals surface area (Å²) < 4.78 is 0. The molecule has 0 unspecified atom stereocenters. The van der Waals surface area contributed by atoms with E-state index in [-0.39, 0.29) is 47.3 Å². The van der Waals surface area contributed by atoms with Crippen LogP contribution < -0.4 is 0 Å². The van der Waals surface area contributed by atoms with Crippen molar-refractivity contribution in [2.24, 2.45) is 5.41 Å². The van der Waals surface area contributed by atoms with E-state index in [9.17, 15) is 19.7 Å². The van der Waals surface area contributed by atoms with Crippen LogP contribution >= 0.6 is 11.6 Å². The first-order valence-electron chi connectivity index (χ1n) is 6.46. The number of amides is 2. The number of nitro benzene ring substituents is 1. The van der Waals surface area contributed by atoms with E-state index in [1.54, 1.807) is 6.07 Å². The molecule has 1 saturated heterocycles. The summed E-state index contributed by atoms with van der Waals surface area (Å²) in [5.41, 5.74) is -0.0599. The van der Waals surface area contributed by atoms with E-state index < -0.39 is 4.92 Å². The average molecular weight is 311 g/mol. The van der Waals surface area contributed by atoms with Gasteiger partial charge in [-0.05, 0) is 17.0 Å². The number of piperidine rings is 1. The highest BCUT2D eigenvalue weighted by Crippen LogP contribution is 2.33. The standard InChI is InChI=1S/C14H15ClN2O4/c1-14(2)6-12(18)16(13(19)7-14)8-9-3-4-10(15)11(5-9)17(20)21/h3-5H,6-8H2,1-2H3. The summed E-state index contributed by atoms with van der Waals surface area (Å²) >= 11 is 5.74. The van der Waals surface area contributed by atoms with Crippen molar-refractivity contribution in [2.75, 3.05) is 0 Å². The molecule has 1 heterocycles. The van der Waals surface area contributed by atoms with Crippen molar-refractivity contribution in [2.45, 2.75) is 33.2 Å². The van der Waals surface area contributed by atoms with Crippen LogP contribution in [0.2, 0.25) is 5.02 Å². The van der Waals surface area contributed by atoms with E-state index in [4.69, 9.17) is 11.6 Å². The fourth-order valence-electron chi connectivity index (χ4n) is 2.37. The van der Waals surface area contributed by atoms with E-state index in [2.05, 4.69) is 0 Å². The largest absolute Gasteiger partial charge is 0.288 e. The number of likely N-dealkylation sites (tertiary alicyclic amines) is 1. The number of halogens is 1. The fraction of sp³-hybridized carbons (Fsp3) is 0.429. The number of carbonyl (C=O) groups is 2. The molecule has 0 bridgehead atoms. The molecule has 0 aromatic heterocycles. The number of hydrogen-bond acceptors (Lipinski definition) is 4. The highest BCUT2D eigenvalue weighted by molar-refractivity contribution is 6.32. The summed E-state index contributed by atoms with van der Waals surface area (Å²) in [5, 5.41) is 10.9. The van der Waals surface area contributed by atoms with E-state index in [1.807, 2.05) is 13.8 Å². The Kier molecular flexibility index (Phi) is 4.00. The molecule has 112 valence electrons. The topological polar surface area (TPSA) is 80.5 Å². The molecule has 2 amide bonds. The Balaban J connectivity index is 2.22. The molecule has 1 aliphatic rings. The van der Waals surface area contributed by atoms with Crippen LogP contribution in [0.3, 0.4) is 0 Å². The van der Waals surface area contributed by atoms with E-state index in [0.29, 0.717) is 5.56 Å². The van der Waals surface area contributed by atoms with Crippen molar-refractivity contribution < 1.29 is 14.5 Å². The molecule has 0 spiro atoms. The highest BCUT2D eigenvalue weighted by Gasteiger charge is 2.37. The van der Waals surface area contributed by atoms with Gasteiger partial charge in [0.05, 0.1) is 11.5 Å². The third-order valence-corrected chi connectivity index (χ3v) is 3.73.